The van der Waals surface area contributed by atoms with Crippen molar-refractivity contribution in [1.82, 2.24) is 4.90 Å². The maximum atomic E-state index is 12.5. The van der Waals surface area contributed by atoms with Crippen LogP contribution >= 0.6 is 23.4 Å². The first kappa shape index (κ1) is 21.5. The SMILES string of the molecule is C=CCOc1ccccc1/C=C1\SC(N2CCN(c3ccc(C)c(Cl)c3)CC2)=NC1=O. The number of hydrogen-bond acceptors (Lipinski definition) is 5. The minimum absolute atomic E-state index is 0.203. The van der Waals surface area contributed by atoms with Gasteiger partial charge >= 0.3 is 0 Å². The lowest BCUT2D eigenvalue weighted by atomic mass is 10.2. The lowest BCUT2D eigenvalue weighted by Gasteiger charge is -2.36. The number of piperazine rings is 1. The Morgan fingerprint density at radius 1 is 1.16 bits per heavy atom. The van der Waals surface area contributed by atoms with Crippen molar-refractivity contribution in [2.45, 2.75) is 6.92 Å². The van der Waals surface area contributed by atoms with Gasteiger partial charge in [-0.1, -0.05) is 48.5 Å². The molecule has 0 spiro atoms. The van der Waals surface area contributed by atoms with Crippen LogP contribution in [0, 0.1) is 6.92 Å². The van der Waals surface area contributed by atoms with E-state index < -0.39 is 0 Å². The zero-order valence-corrected chi connectivity index (χ0v) is 19.0. The predicted molar refractivity (Wildman–Crippen MR) is 130 cm³/mol. The topological polar surface area (TPSA) is 45.1 Å². The Bertz CT molecular complexity index is 1060. The van der Waals surface area contributed by atoms with Crippen molar-refractivity contribution in [1.29, 1.82) is 0 Å². The standard InChI is InChI=1S/C24H24ClN3O2S/c1-3-14-30-21-7-5-4-6-18(21)15-22-23(29)26-24(31-22)28-12-10-27(11-13-28)19-9-8-17(2)20(25)16-19/h3-9,15-16H,1,10-14H2,2H3/b22-15-. The molecule has 0 radical (unpaired) electrons. The maximum Gasteiger partial charge on any atom is 0.286 e. The van der Waals surface area contributed by atoms with Gasteiger partial charge in [0.2, 0.25) is 0 Å². The second-order valence-corrected chi connectivity index (χ2v) is 8.77. The molecular weight excluding hydrogens is 430 g/mol. The molecular formula is C24H24ClN3O2S. The molecule has 1 saturated heterocycles. The first-order chi connectivity index (χ1) is 15.0. The summed E-state index contributed by atoms with van der Waals surface area (Å²) in [7, 11) is 0. The number of aliphatic imine (C=N–C) groups is 1. The van der Waals surface area contributed by atoms with Crippen molar-refractivity contribution < 1.29 is 9.53 Å². The van der Waals surface area contributed by atoms with Crippen LogP contribution < -0.4 is 9.64 Å². The van der Waals surface area contributed by atoms with Crippen LogP contribution in [0.25, 0.3) is 6.08 Å². The highest BCUT2D eigenvalue weighted by Gasteiger charge is 2.28. The number of hydrogen-bond donors (Lipinski definition) is 0. The molecule has 2 aromatic carbocycles. The molecule has 0 saturated carbocycles. The fraction of sp³-hybridized carbons (Fsp3) is 0.250. The molecule has 160 valence electrons. The number of anilines is 1. The number of amidine groups is 1. The molecule has 2 heterocycles. The van der Waals surface area contributed by atoms with Gasteiger partial charge in [0.05, 0.1) is 4.91 Å². The largest absolute Gasteiger partial charge is 0.489 e. The van der Waals surface area contributed by atoms with Crippen molar-refractivity contribution >= 4 is 46.2 Å². The monoisotopic (exact) mass is 453 g/mol. The molecule has 1 amide bonds. The number of ether oxygens (including phenoxy) is 1. The van der Waals surface area contributed by atoms with Crippen molar-refractivity contribution in [2.24, 2.45) is 4.99 Å². The summed E-state index contributed by atoms with van der Waals surface area (Å²) in [6.45, 7) is 9.41. The smallest absolute Gasteiger partial charge is 0.286 e. The molecule has 4 rings (SSSR count). The minimum Gasteiger partial charge on any atom is -0.489 e. The van der Waals surface area contributed by atoms with Gasteiger partial charge in [-0.2, -0.15) is 4.99 Å². The van der Waals surface area contributed by atoms with E-state index in [1.807, 2.05) is 49.4 Å². The number of benzene rings is 2. The van der Waals surface area contributed by atoms with Crippen molar-refractivity contribution in [3.8, 4) is 5.75 Å². The average molecular weight is 454 g/mol. The molecule has 31 heavy (non-hydrogen) atoms. The van der Waals surface area contributed by atoms with Crippen LogP contribution in [0.15, 0.2) is 65.0 Å². The van der Waals surface area contributed by atoms with Gasteiger partial charge in [-0.3, -0.25) is 4.79 Å². The van der Waals surface area contributed by atoms with Gasteiger partial charge in [0.15, 0.2) is 5.17 Å². The van der Waals surface area contributed by atoms with E-state index in [-0.39, 0.29) is 5.91 Å². The average Bonchev–Trinajstić information content (AvgIpc) is 3.15. The molecule has 2 aliphatic heterocycles. The number of amides is 1. The second kappa shape index (κ2) is 9.62. The Kier molecular flexibility index (Phi) is 6.68. The van der Waals surface area contributed by atoms with E-state index in [2.05, 4.69) is 27.4 Å². The number of carbonyl (C=O) groups excluding carboxylic acids is 1. The van der Waals surface area contributed by atoms with Crippen LogP contribution in [0.3, 0.4) is 0 Å². The Balaban J connectivity index is 1.41. The number of para-hydroxylation sites is 1. The fourth-order valence-electron chi connectivity index (χ4n) is 3.49. The molecule has 7 heteroatoms. The van der Waals surface area contributed by atoms with E-state index in [1.54, 1.807) is 6.08 Å². The summed E-state index contributed by atoms with van der Waals surface area (Å²) in [5.41, 5.74) is 3.07. The van der Waals surface area contributed by atoms with Gasteiger partial charge in [-0.05, 0) is 48.5 Å². The summed E-state index contributed by atoms with van der Waals surface area (Å²) >= 11 is 7.71. The number of halogens is 1. The summed E-state index contributed by atoms with van der Waals surface area (Å²) in [5, 5.41) is 1.55. The van der Waals surface area contributed by atoms with E-state index >= 15 is 0 Å². The fourth-order valence-corrected chi connectivity index (χ4v) is 4.62. The lowest BCUT2D eigenvalue weighted by molar-refractivity contribution is -0.113. The van der Waals surface area contributed by atoms with Gasteiger partial charge in [-0.15, -0.1) is 0 Å². The third-order valence-corrected chi connectivity index (χ3v) is 6.69. The van der Waals surface area contributed by atoms with Crippen LogP contribution in [0.1, 0.15) is 11.1 Å². The molecule has 0 N–H and O–H groups in total. The summed E-state index contributed by atoms with van der Waals surface area (Å²) in [5.74, 6) is 0.522. The zero-order chi connectivity index (χ0) is 21.8. The first-order valence-corrected chi connectivity index (χ1v) is 11.4. The van der Waals surface area contributed by atoms with E-state index in [4.69, 9.17) is 16.3 Å². The minimum atomic E-state index is -0.203. The highest BCUT2D eigenvalue weighted by molar-refractivity contribution is 8.18. The molecule has 5 nitrogen and oxygen atoms in total. The summed E-state index contributed by atoms with van der Waals surface area (Å²) in [4.78, 5) is 21.9. The highest BCUT2D eigenvalue weighted by atomic mass is 35.5. The van der Waals surface area contributed by atoms with Gasteiger partial charge in [-0.25, -0.2) is 0 Å². The van der Waals surface area contributed by atoms with E-state index in [0.717, 1.165) is 58.9 Å². The third kappa shape index (κ3) is 4.97. The van der Waals surface area contributed by atoms with E-state index in [0.29, 0.717) is 11.5 Å². The molecule has 0 bridgehead atoms. The van der Waals surface area contributed by atoms with Crippen LogP contribution in [0.5, 0.6) is 5.75 Å². The summed E-state index contributed by atoms with van der Waals surface area (Å²) in [6.07, 6.45) is 3.55. The van der Waals surface area contributed by atoms with Gasteiger partial charge in [0.1, 0.15) is 12.4 Å². The quantitative estimate of drug-likeness (QED) is 0.470. The van der Waals surface area contributed by atoms with Crippen molar-refractivity contribution in [3.63, 3.8) is 0 Å². The van der Waals surface area contributed by atoms with Crippen LogP contribution in [-0.2, 0) is 4.79 Å². The van der Waals surface area contributed by atoms with Gasteiger partial charge < -0.3 is 14.5 Å². The molecule has 2 aliphatic rings. The number of aryl methyl sites for hydroxylation is 1. The van der Waals surface area contributed by atoms with Crippen LogP contribution in [0.2, 0.25) is 5.02 Å². The zero-order valence-electron chi connectivity index (χ0n) is 17.4. The Hall–Kier alpha value is -2.70. The van der Waals surface area contributed by atoms with Crippen LogP contribution in [0.4, 0.5) is 5.69 Å². The third-order valence-electron chi connectivity index (χ3n) is 5.24. The normalized spacial score (nSPS) is 17.8. The maximum absolute atomic E-state index is 12.5. The second-order valence-electron chi connectivity index (χ2n) is 7.36. The van der Waals surface area contributed by atoms with E-state index in [9.17, 15) is 4.79 Å². The molecule has 0 aliphatic carbocycles. The Labute approximate surface area is 192 Å². The molecule has 1 fully saturated rings. The van der Waals surface area contributed by atoms with Crippen LogP contribution in [-0.4, -0.2) is 48.8 Å². The van der Waals surface area contributed by atoms with Crippen molar-refractivity contribution in [2.75, 3.05) is 37.7 Å². The Morgan fingerprint density at radius 2 is 1.90 bits per heavy atom. The first-order valence-electron chi connectivity index (χ1n) is 10.2. The number of carbonyl (C=O) groups is 1. The summed E-state index contributed by atoms with van der Waals surface area (Å²) < 4.78 is 5.70. The Morgan fingerprint density at radius 3 is 2.65 bits per heavy atom. The molecule has 0 aromatic heterocycles. The van der Waals surface area contributed by atoms with Gasteiger partial charge in [0, 0.05) is 42.5 Å². The molecule has 0 atom stereocenters. The summed E-state index contributed by atoms with van der Waals surface area (Å²) in [6, 6.07) is 13.8. The van der Waals surface area contributed by atoms with Crippen molar-refractivity contribution in [3.05, 3.63) is 76.2 Å². The van der Waals surface area contributed by atoms with Gasteiger partial charge in [0.25, 0.3) is 5.91 Å². The van der Waals surface area contributed by atoms with E-state index in [1.165, 1.54) is 11.8 Å². The predicted octanol–water partition coefficient (Wildman–Crippen LogP) is 5.01. The lowest BCUT2D eigenvalue weighted by Crippen LogP contribution is -2.47. The highest BCUT2D eigenvalue weighted by Crippen LogP contribution is 2.33. The number of nitrogens with zero attached hydrogens (tertiary/aromatic N) is 3. The molecule has 2 aromatic rings. The molecule has 0 unspecified atom stereocenters. The number of thioether (sulfide) groups is 1. The number of rotatable bonds is 5.